The monoisotopic (exact) mass is 330 g/mol. The molecule has 4 rings (SSSR count). The number of carbonyl (C=O) groups excluding carboxylic acids is 1. The van der Waals surface area contributed by atoms with Gasteiger partial charge >= 0.3 is 0 Å². The van der Waals surface area contributed by atoms with Crippen LogP contribution in [0.3, 0.4) is 0 Å². The molecule has 3 aliphatic rings. The van der Waals surface area contributed by atoms with E-state index in [0.717, 1.165) is 24.1 Å². The summed E-state index contributed by atoms with van der Waals surface area (Å²) in [6, 6.07) is 8.28. The van der Waals surface area contributed by atoms with Gasteiger partial charge in [-0.1, -0.05) is 18.2 Å². The Morgan fingerprint density at radius 1 is 1.42 bits per heavy atom. The molecule has 2 saturated heterocycles. The quantitative estimate of drug-likeness (QED) is 0.774. The lowest BCUT2D eigenvalue weighted by Gasteiger charge is -2.38. The smallest absolute Gasteiger partial charge is 0.239 e. The average molecular weight is 330 g/mol. The predicted molar refractivity (Wildman–Crippen MR) is 91.8 cm³/mol. The fraction of sp³-hybridized carbons (Fsp3) is 0.632. The van der Waals surface area contributed by atoms with Gasteiger partial charge in [-0.05, 0) is 43.7 Å². The van der Waals surface area contributed by atoms with E-state index in [4.69, 9.17) is 0 Å². The zero-order valence-corrected chi connectivity index (χ0v) is 14.3. The number of nitrogens with zero attached hydrogens (tertiary/aromatic N) is 1. The van der Waals surface area contributed by atoms with Gasteiger partial charge in [0, 0.05) is 37.3 Å². The summed E-state index contributed by atoms with van der Waals surface area (Å²) in [5.74, 6) is 0.510. The Kier molecular flexibility index (Phi) is 3.71. The van der Waals surface area contributed by atoms with Crippen molar-refractivity contribution < 1.29 is 15.0 Å². The van der Waals surface area contributed by atoms with Gasteiger partial charge < -0.3 is 20.4 Å². The first kappa shape index (κ1) is 16.1. The molecule has 24 heavy (non-hydrogen) atoms. The van der Waals surface area contributed by atoms with Crippen molar-refractivity contribution in [3.63, 3.8) is 0 Å². The number of aliphatic hydroxyl groups is 2. The molecule has 3 aliphatic heterocycles. The fourth-order valence-electron chi connectivity index (χ4n) is 5.49. The molecule has 0 aliphatic carbocycles. The highest BCUT2D eigenvalue weighted by Crippen LogP contribution is 2.54. The van der Waals surface area contributed by atoms with Gasteiger partial charge in [0.25, 0.3) is 0 Å². The number of rotatable bonds is 3. The first-order chi connectivity index (χ1) is 11.5. The van der Waals surface area contributed by atoms with Gasteiger partial charge in [0.05, 0.1) is 11.5 Å². The van der Waals surface area contributed by atoms with Crippen LogP contribution in [-0.4, -0.2) is 48.0 Å². The van der Waals surface area contributed by atoms with Crippen molar-refractivity contribution in [1.82, 2.24) is 5.32 Å². The maximum atomic E-state index is 13.2. The molecular weight excluding hydrogens is 304 g/mol. The summed E-state index contributed by atoms with van der Waals surface area (Å²) in [7, 11) is 1.86. The second-order valence-electron chi connectivity index (χ2n) is 7.81. The molecule has 0 aromatic heterocycles. The van der Waals surface area contributed by atoms with Crippen LogP contribution in [0.2, 0.25) is 0 Å². The molecule has 1 spiro atoms. The maximum absolute atomic E-state index is 13.2. The molecule has 6 atom stereocenters. The summed E-state index contributed by atoms with van der Waals surface area (Å²) in [6.07, 6.45) is 1.86. The van der Waals surface area contributed by atoms with Crippen LogP contribution >= 0.6 is 0 Å². The number of hydrogen-bond donors (Lipinski definition) is 3. The summed E-state index contributed by atoms with van der Waals surface area (Å²) in [4.78, 5) is 15.0. The molecule has 1 aromatic carbocycles. The van der Waals surface area contributed by atoms with E-state index in [1.54, 1.807) is 11.8 Å². The van der Waals surface area contributed by atoms with E-state index in [1.165, 1.54) is 0 Å². The number of hydrogen-bond acceptors (Lipinski definition) is 4. The van der Waals surface area contributed by atoms with Crippen molar-refractivity contribution in [2.75, 3.05) is 18.6 Å². The number of likely N-dealkylation sites (N-methyl/N-ethyl adjacent to an activating group) is 1. The van der Waals surface area contributed by atoms with Gasteiger partial charge in [-0.15, -0.1) is 0 Å². The lowest BCUT2D eigenvalue weighted by atomic mass is 9.73. The van der Waals surface area contributed by atoms with Crippen LogP contribution in [0.25, 0.3) is 0 Å². The Bertz CT molecular complexity index is 662. The zero-order chi connectivity index (χ0) is 17.1. The Morgan fingerprint density at radius 3 is 2.88 bits per heavy atom. The van der Waals surface area contributed by atoms with E-state index in [-0.39, 0.29) is 42.5 Å². The summed E-state index contributed by atoms with van der Waals surface area (Å²) in [6.45, 7) is 1.90. The Balaban J connectivity index is 1.76. The normalized spacial score (nSPS) is 38.7. The fourth-order valence-corrected chi connectivity index (χ4v) is 5.49. The Labute approximate surface area is 142 Å². The first-order valence-electron chi connectivity index (χ1n) is 8.91. The van der Waals surface area contributed by atoms with Crippen LogP contribution in [-0.2, 0) is 10.2 Å². The van der Waals surface area contributed by atoms with Crippen LogP contribution < -0.4 is 10.2 Å². The highest BCUT2D eigenvalue weighted by atomic mass is 16.3. The van der Waals surface area contributed by atoms with Crippen LogP contribution in [0, 0.1) is 11.8 Å². The molecule has 5 heteroatoms. The third-order valence-electron chi connectivity index (χ3n) is 6.50. The van der Waals surface area contributed by atoms with Crippen molar-refractivity contribution in [1.29, 1.82) is 0 Å². The largest absolute Gasteiger partial charge is 0.396 e. The number of piperidine rings is 1. The molecule has 5 nitrogen and oxygen atoms in total. The predicted octanol–water partition coefficient (Wildman–Crippen LogP) is 1.03. The van der Waals surface area contributed by atoms with Gasteiger partial charge in [-0.25, -0.2) is 0 Å². The standard InChI is InChI=1S/C19H26N2O3/c1-11(23)7-12-8-17-19(9-15(20-17)13(12)10-22)14-5-3-4-6-16(14)21(2)18(19)24/h3-6,11-13,15,17,20,22-23H,7-10H2,1-2H3/t11-,12-,13-,15+,17+,19+/m1/s1. The molecule has 0 radical (unpaired) electrons. The number of fused-ring (bicyclic) bond motifs is 5. The van der Waals surface area contributed by atoms with Gasteiger partial charge in [0.15, 0.2) is 0 Å². The van der Waals surface area contributed by atoms with Crippen LogP contribution in [0.4, 0.5) is 5.69 Å². The summed E-state index contributed by atoms with van der Waals surface area (Å²) in [5, 5.41) is 23.4. The lowest BCUT2D eigenvalue weighted by molar-refractivity contribution is -0.123. The van der Waals surface area contributed by atoms with Gasteiger partial charge in [0.1, 0.15) is 0 Å². The molecule has 0 saturated carbocycles. The van der Waals surface area contributed by atoms with Crippen molar-refractivity contribution in [3.8, 4) is 0 Å². The van der Waals surface area contributed by atoms with Gasteiger partial charge in [-0.2, -0.15) is 0 Å². The van der Waals surface area contributed by atoms with Crippen molar-refractivity contribution in [2.45, 2.75) is 49.8 Å². The number of nitrogens with one attached hydrogen (secondary N) is 1. The van der Waals surface area contributed by atoms with Crippen molar-refractivity contribution >= 4 is 11.6 Å². The number of anilines is 1. The van der Waals surface area contributed by atoms with E-state index < -0.39 is 5.41 Å². The van der Waals surface area contributed by atoms with E-state index in [9.17, 15) is 15.0 Å². The summed E-state index contributed by atoms with van der Waals surface area (Å²) < 4.78 is 0. The highest BCUT2D eigenvalue weighted by Gasteiger charge is 2.62. The van der Waals surface area contributed by atoms with Gasteiger partial charge in [0.2, 0.25) is 5.91 Å². The first-order valence-corrected chi connectivity index (χ1v) is 8.91. The van der Waals surface area contributed by atoms with Gasteiger partial charge in [-0.3, -0.25) is 4.79 Å². The molecule has 0 unspecified atom stereocenters. The molecule has 2 fully saturated rings. The van der Waals surface area contributed by atoms with E-state index in [1.807, 2.05) is 25.2 Å². The number of amides is 1. The van der Waals surface area contributed by atoms with Crippen molar-refractivity contribution in [2.24, 2.45) is 11.8 Å². The van der Waals surface area contributed by atoms with E-state index in [0.29, 0.717) is 6.42 Å². The summed E-state index contributed by atoms with van der Waals surface area (Å²) in [5.41, 5.74) is 1.60. The molecule has 1 aromatic rings. The topological polar surface area (TPSA) is 72.8 Å². The Hall–Kier alpha value is -1.43. The van der Waals surface area contributed by atoms with E-state index in [2.05, 4.69) is 11.4 Å². The molecular formula is C19H26N2O3. The van der Waals surface area contributed by atoms with Crippen LogP contribution in [0.1, 0.15) is 31.7 Å². The van der Waals surface area contributed by atoms with Crippen LogP contribution in [0.5, 0.6) is 0 Å². The average Bonchev–Trinajstić information content (AvgIpc) is 2.97. The highest BCUT2D eigenvalue weighted by molar-refractivity contribution is 6.08. The van der Waals surface area contributed by atoms with Crippen LogP contribution in [0.15, 0.2) is 24.3 Å². The molecule has 2 bridgehead atoms. The minimum atomic E-state index is -0.517. The second kappa shape index (κ2) is 5.55. The lowest BCUT2D eigenvalue weighted by Crippen LogP contribution is -2.52. The third kappa shape index (κ3) is 2.01. The van der Waals surface area contributed by atoms with Crippen molar-refractivity contribution in [3.05, 3.63) is 29.8 Å². The molecule has 3 heterocycles. The SMILES string of the molecule is C[C@@H](O)C[C@@H]1C[C@@H]2N[C@@H](C[C@@]23C(=O)N(C)c2ccccc23)[C@@H]1CO. The number of carbonyl (C=O) groups is 1. The molecule has 1 amide bonds. The minimum Gasteiger partial charge on any atom is -0.396 e. The second-order valence-corrected chi connectivity index (χ2v) is 7.81. The maximum Gasteiger partial charge on any atom is 0.239 e. The third-order valence-corrected chi connectivity index (χ3v) is 6.50. The Morgan fingerprint density at radius 2 is 2.17 bits per heavy atom. The summed E-state index contributed by atoms with van der Waals surface area (Å²) >= 11 is 0. The number of benzene rings is 1. The molecule has 3 N–H and O–H groups in total. The minimum absolute atomic E-state index is 0.0765. The number of para-hydroxylation sites is 1. The van der Waals surface area contributed by atoms with E-state index >= 15 is 0 Å². The molecule has 130 valence electrons. The number of aliphatic hydroxyl groups excluding tert-OH is 2. The zero-order valence-electron chi connectivity index (χ0n) is 14.3.